The highest BCUT2D eigenvalue weighted by Crippen LogP contribution is 2.58. The fourth-order valence-corrected chi connectivity index (χ4v) is 5.11. The van der Waals surface area contributed by atoms with Crippen LogP contribution >= 0.6 is 63.7 Å². The Bertz CT molecular complexity index is 694. The molecule has 0 aromatic heterocycles. The summed E-state index contributed by atoms with van der Waals surface area (Å²) >= 11 is 13.7. The van der Waals surface area contributed by atoms with Crippen LogP contribution in [-0.4, -0.2) is 29.1 Å². The zero-order valence-electron chi connectivity index (χ0n) is 11.9. The van der Waals surface area contributed by atoms with E-state index in [-0.39, 0.29) is 13.0 Å². The number of ether oxygens (including phenoxy) is 3. The molecular weight excluding hydrogens is 568 g/mol. The number of fused-ring (bicyclic) bond motifs is 2. The molecule has 0 amide bonds. The van der Waals surface area contributed by atoms with Gasteiger partial charge in [0.1, 0.15) is 0 Å². The van der Waals surface area contributed by atoms with Gasteiger partial charge in [0.2, 0.25) is 0 Å². The van der Waals surface area contributed by atoms with Crippen molar-refractivity contribution in [3.05, 3.63) is 17.9 Å². The van der Waals surface area contributed by atoms with Crippen LogP contribution in [0.1, 0.15) is 26.2 Å². The lowest BCUT2D eigenvalue weighted by Gasteiger charge is -2.44. The molecule has 0 unspecified atom stereocenters. The van der Waals surface area contributed by atoms with E-state index in [1.807, 2.05) is 0 Å². The molecule has 0 radical (unpaired) electrons. The van der Waals surface area contributed by atoms with Crippen LogP contribution in [-0.2, 0) is 9.53 Å². The Hall–Kier alpha value is 0.170. The lowest BCUT2D eigenvalue weighted by Crippen LogP contribution is -2.65. The maximum atomic E-state index is 12.5. The van der Waals surface area contributed by atoms with Crippen molar-refractivity contribution in [2.24, 2.45) is 0 Å². The van der Waals surface area contributed by atoms with E-state index in [2.05, 4.69) is 63.7 Å². The van der Waals surface area contributed by atoms with E-state index < -0.39 is 17.4 Å². The van der Waals surface area contributed by atoms with Crippen molar-refractivity contribution in [1.82, 2.24) is 0 Å². The molecule has 0 saturated heterocycles. The van der Waals surface area contributed by atoms with Crippen molar-refractivity contribution >= 4 is 69.7 Å². The molecule has 1 aromatic rings. The van der Waals surface area contributed by atoms with Gasteiger partial charge in [-0.1, -0.05) is 0 Å². The van der Waals surface area contributed by atoms with Crippen LogP contribution in [0.15, 0.2) is 17.9 Å². The Morgan fingerprint density at radius 2 is 1.65 bits per heavy atom. The van der Waals surface area contributed by atoms with Crippen molar-refractivity contribution in [2.75, 3.05) is 6.61 Å². The highest BCUT2D eigenvalue weighted by atomic mass is 79.9. The van der Waals surface area contributed by atoms with E-state index in [1.54, 1.807) is 6.92 Å². The van der Waals surface area contributed by atoms with Gasteiger partial charge in [-0.2, -0.15) is 0 Å². The third-order valence-corrected chi connectivity index (χ3v) is 8.71. The molecule has 1 aliphatic carbocycles. The second-order valence-electron chi connectivity index (χ2n) is 5.30. The smallest absolute Gasteiger partial charge is 0.357 e. The first-order valence-corrected chi connectivity index (χ1v) is 10.1. The number of rotatable bonds is 2. The highest BCUT2D eigenvalue weighted by molar-refractivity contribution is 9.15. The number of hydrogen-bond acceptors (Lipinski definition) is 5. The van der Waals surface area contributed by atoms with Gasteiger partial charge in [-0.15, -0.1) is 0 Å². The zero-order valence-corrected chi connectivity index (χ0v) is 18.3. The second kappa shape index (κ2) is 6.16. The van der Waals surface area contributed by atoms with Crippen LogP contribution < -0.4 is 9.47 Å². The highest BCUT2D eigenvalue weighted by Gasteiger charge is 2.68. The summed E-state index contributed by atoms with van der Waals surface area (Å²) < 4.78 is 19.6. The first kappa shape index (κ1) is 18.0. The summed E-state index contributed by atoms with van der Waals surface area (Å²) in [5.74, 6) is -1.71. The van der Waals surface area contributed by atoms with Crippen molar-refractivity contribution in [1.29, 1.82) is 0 Å². The zero-order chi connectivity index (χ0) is 17.0. The molecule has 1 aliphatic heterocycles. The minimum Gasteiger partial charge on any atom is -0.463 e. The third kappa shape index (κ3) is 2.49. The molecule has 126 valence electrons. The molecule has 1 N–H and O–H groups in total. The monoisotopic (exact) mass is 576 g/mol. The van der Waals surface area contributed by atoms with Crippen LogP contribution in [0.25, 0.3) is 0 Å². The molecule has 1 saturated carbocycles. The van der Waals surface area contributed by atoms with Crippen LogP contribution in [0.4, 0.5) is 0 Å². The second-order valence-corrected chi connectivity index (χ2v) is 8.48. The van der Waals surface area contributed by atoms with E-state index >= 15 is 0 Å². The molecule has 0 bridgehead atoms. The Morgan fingerprint density at radius 3 is 2.22 bits per heavy atom. The largest absolute Gasteiger partial charge is 0.463 e. The van der Waals surface area contributed by atoms with Crippen molar-refractivity contribution in [2.45, 2.75) is 37.6 Å². The molecule has 2 aliphatic rings. The minimum absolute atomic E-state index is 0.196. The number of benzene rings is 1. The van der Waals surface area contributed by atoms with Gasteiger partial charge in [-0.05, 0) is 77.1 Å². The Balaban J connectivity index is 2.19. The normalized spacial score (nSPS) is 28.4. The molecule has 0 spiro atoms. The molecular formula is C14H12Br4O5. The summed E-state index contributed by atoms with van der Waals surface area (Å²) in [6.45, 7) is 1.90. The lowest BCUT2D eigenvalue weighted by atomic mass is 9.94. The summed E-state index contributed by atoms with van der Waals surface area (Å²) in [5.41, 5.74) is -1.56. The fourth-order valence-electron chi connectivity index (χ4n) is 2.91. The van der Waals surface area contributed by atoms with E-state index in [4.69, 9.17) is 14.2 Å². The van der Waals surface area contributed by atoms with Gasteiger partial charge in [0.05, 0.1) is 24.5 Å². The number of halogens is 4. The van der Waals surface area contributed by atoms with Gasteiger partial charge in [-0.3, -0.25) is 0 Å². The summed E-state index contributed by atoms with van der Waals surface area (Å²) in [7, 11) is 0. The molecule has 2 atom stereocenters. The van der Waals surface area contributed by atoms with E-state index in [9.17, 15) is 9.90 Å². The van der Waals surface area contributed by atoms with Crippen LogP contribution in [0.5, 0.6) is 11.5 Å². The van der Waals surface area contributed by atoms with Gasteiger partial charge in [-0.25, -0.2) is 4.79 Å². The predicted molar refractivity (Wildman–Crippen MR) is 96.7 cm³/mol. The number of carbonyl (C=O) groups excluding carboxylic acids is 1. The molecule has 3 rings (SSSR count). The van der Waals surface area contributed by atoms with Crippen molar-refractivity contribution < 1.29 is 24.1 Å². The predicted octanol–water partition coefficient (Wildman–Crippen LogP) is 4.68. The fraction of sp³-hybridized carbons (Fsp3) is 0.500. The Morgan fingerprint density at radius 1 is 1.09 bits per heavy atom. The average molecular weight is 580 g/mol. The van der Waals surface area contributed by atoms with E-state index in [1.165, 1.54) is 0 Å². The van der Waals surface area contributed by atoms with Crippen molar-refractivity contribution in [3.8, 4) is 11.5 Å². The standard InChI is InChI=1S/C14H12Br4O5/c1-2-21-12(19)13-4-3-5-14(13,20)23-11-9(18)7(16)6(15)8(17)10(11)22-13/h20H,2-5H2,1H3/t13-,14-/m0/s1. The maximum absolute atomic E-state index is 12.5. The van der Waals surface area contributed by atoms with Gasteiger partial charge < -0.3 is 19.3 Å². The maximum Gasteiger partial charge on any atom is 0.357 e. The van der Waals surface area contributed by atoms with Gasteiger partial charge >= 0.3 is 5.97 Å². The summed E-state index contributed by atoms with van der Waals surface area (Å²) in [5, 5.41) is 11.0. The SMILES string of the molecule is CCOC(=O)[C@@]12CCC[C@]1(O)Oc1c(Br)c(Br)c(Br)c(Br)c1O2. The van der Waals surface area contributed by atoms with Crippen LogP contribution in [0.2, 0.25) is 0 Å². The third-order valence-electron chi connectivity index (χ3n) is 4.01. The van der Waals surface area contributed by atoms with Crippen LogP contribution in [0, 0.1) is 0 Å². The number of carbonyl (C=O) groups is 1. The lowest BCUT2D eigenvalue weighted by molar-refractivity contribution is -0.251. The van der Waals surface area contributed by atoms with Crippen LogP contribution in [0.3, 0.4) is 0 Å². The minimum atomic E-state index is -1.76. The molecule has 1 fully saturated rings. The summed E-state index contributed by atoms with van der Waals surface area (Å²) in [4.78, 5) is 12.5. The summed E-state index contributed by atoms with van der Waals surface area (Å²) in [6.07, 6.45) is 1.18. The quantitative estimate of drug-likeness (QED) is 0.313. The van der Waals surface area contributed by atoms with Crippen molar-refractivity contribution in [3.63, 3.8) is 0 Å². The molecule has 23 heavy (non-hydrogen) atoms. The Labute approximate surface area is 166 Å². The average Bonchev–Trinajstić information content (AvgIpc) is 2.87. The number of esters is 1. The first-order chi connectivity index (χ1) is 10.8. The molecule has 1 heterocycles. The topological polar surface area (TPSA) is 65.0 Å². The summed E-state index contributed by atoms with van der Waals surface area (Å²) in [6, 6.07) is 0. The first-order valence-electron chi connectivity index (χ1n) is 6.91. The molecule has 9 heteroatoms. The van der Waals surface area contributed by atoms with Gasteiger partial charge in [0.25, 0.3) is 11.4 Å². The Kier molecular flexibility index (Phi) is 4.81. The van der Waals surface area contributed by atoms with Gasteiger partial charge in [0, 0.05) is 12.8 Å². The number of aliphatic hydroxyl groups is 1. The molecule has 5 nitrogen and oxygen atoms in total. The van der Waals surface area contributed by atoms with Gasteiger partial charge in [0.15, 0.2) is 11.5 Å². The van der Waals surface area contributed by atoms with E-state index in [0.717, 1.165) is 0 Å². The molecule has 1 aromatic carbocycles. The van der Waals surface area contributed by atoms with E-state index in [0.29, 0.717) is 42.2 Å². The number of hydrogen-bond donors (Lipinski definition) is 1.